The third kappa shape index (κ3) is 5.65. The second-order valence-electron chi connectivity index (χ2n) is 8.36. The summed E-state index contributed by atoms with van der Waals surface area (Å²) < 4.78 is 0. The number of amides is 3. The zero-order valence-corrected chi connectivity index (χ0v) is 18.5. The van der Waals surface area contributed by atoms with Gasteiger partial charge in [-0.2, -0.15) is 0 Å². The van der Waals surface area contributed by atoms with Crippen LogP contribution in [0.2, 0.25) is 0 Å². The summed E-state index contributed by atoms with van der Waals surface area (Å²) >= 11 is 0. The van der Waals surface area contributed by atoms with Gasteiger partial charge in [0.25, 0.3) is 5.91 Å². The number of hydrogen-bond acceptors (Lipinski definition) is 4. The number of hydroxylamine groups is 1. The lowest BCUT2D eigenvalue weighted by molar-refractivity contribution is 0.0755. The average molecular weight is 433 g/mol. The molecule has 0 saturated heterocycles. The SMILES string of the molecule is C=Cc1ccc(C(=O)Nc2ccc(NC(=O)NC3C=C(C(C)(C)C)ON3)cc2)cc1C=C. The van der Waals surface area contributed by atoms with Gasteiger partial charge in [0.15, 0.2) is 0 Å². The minimum absolute atomic E-state index is 0.152. The van der Waals surface area contributed by atoms with Crippen LogP contribution in [0.15, 0.2) is 67.5 Å². The van der Waals surface area contributed by atoms with Crippen molar-refractivity contribution < 1.29 is 14.4 Å². The summed E-state index contributed by atoms with van der Waals surface area (Å²) in [5.74, 6) is 0.526. The Morgan fingerprint density at radius 2 is 1.59 bits per heavy atom. The lowest BCUT2D eigenvalue weighted by atomic mass is 9.94. The lowest BCUT2D eigenvalue weighted by Gasteiger charge is -2.17. The van der Waals surface area contributed by atoms with Gasteiger partial charge in [-0.1, -0.05) is 52.1 Å². The summed E-state index contributed by atoms with van der Waals surface area (Å²) in [4.78, 5) is 30.2. The van der Waals surface area contributed by atoms with Crippen molar-refractivity contribution in [1.29, 1.82) is 0 Å². The van der Waals surface area contributed by atoms with Gasteiger partial charge in [-0.3, -0.25) is 4.79 Å². The van der Waals surface area contributed by atoms with Crippen molar-refractivity contribution in [3.8, 4) is 0 Å². The molecule has 1 aliphatic heterocycles. The minimum Gasteiger partial charge on any atom is -0.410 e. The molecule has 0 fully saturated rings. The normalized spacial score (nSPS) is 15.2. The molecule has 0 saturated carbocycles. The van der Waals surface area contributed by atoms with Gasteiger partial charge in [-0.05, 0) is 53.6 Å². The summed E-state index contributed by atoms with van der Waals surface area (Å²) in [7, 11) is 0. The van der Waals surface area contributed by atoms with Crippen LogP contribution >= 0.6 is 0 Å². The highest BCUT2D eigenvalue weighted by molar-refractivity contribution is 6.05. The fraction of sp³-hybridized carbons (Fsp3) is 0.200. The first-order valence-electron chi connectivity index (χ1n) is 10.2. The summed E-state index contributed by atoms with van der Waals surface area (Å²) in [6.45, 7) is 13.6. The number of hydrogen-bond donors (Lipinski definition) is 4. The number of carbonyl (C=O) groups is 2. The molecule has 0 aliphatic carbocycles. The number of nitrogens with one attached hydrogen (secondary N) is 4. The Labute approximate surface area is 188 Å². The Morgan fingerprint density at radius 3 is 2.16 bits per heavy atom. The molecule has 1 heterocycles. The van der Waals surface area contributed by atoms with Crippen LogP contribution < -0.4 is 21.4 Å². The Hall–Kier alpha value is -3.84. The van der Waals surface area contributed by atoms with Gasteiger partial charge in [-0.25, -0.2) is 4.79 Å². The topological polar surface area (TPSA) is 91.5 Å². The summed E-state index contributed by atoms with van der Waals surface area (Å²) in [6, 6.07) is 11.8. The Kier molecular flexibility index (Phi) is 6.80. The molecule has 7 heteroatoms. The molecule has 2 aromatic carbocycles. The Balaban J connectivity index is 1.56. The molecule has 32 heavy (non-hydrogen) atoms. The number of rotatable bonds is 6. The van der Waals surface area contributed by atoms with Crippen LogP contribution in [0.25, 0.3) is 12.2 Å². The number of allylic oxidation sites excluding steroid dienone is 1. The molecule has 7 nitrogen and oxygen atoms in total. The van der Waals surface area contributed by atoms with Crippen LogP contribution in [0.4, 0.5) is 16.2 Å². The minimum atomic E-state index is -0.421. The van der Waals surface area contributed by atoms with Gasteiger partial charge in [0.2, 0.25) is 0 Å². The maximum absolute atomic E-state index is 12.6. The largest absolute Gasteiger partial charge is 0.410 e. The zero-order chi connectivity index (χ0) is 23.3. The summed E-state index contributed by atoms with van der Waals surface area (Å²) in [6.07, 6.45) is 4.82. The molecule has 166 valence electrons. The molecule has 3 rings (SSSR count). The van der Waals surface area contributed by atoms with E-state index in [4.69, 9.17) is 4.84 Å². The first kappa shape index (κ1) is 22.8. The molecule has 0 aromatic heterocycles. The molecule has 0 radical (unpaired) electrons. The van der Waals surface area contributed by atoms with E-state index in [9.17, 15) is 9.59 Å². The van der Waals surface area contributed by atoms with Crippen LogP contribution in [-0.4, -0.2) is 18.1 Å². The molecule has 1 aliphatic rings. The zero-order valence-electron chi connectivity index (χ0n) is 18.5. The quantitative estimate of drug-likeness (QED) is 0.509. The predicted molar refractivity (Wildman–Crippen MR) is 129 cm³/mol. The highest BCUT2D eigenvalue weighted by atomic mass is 16.7. The van der Waals surface area contributed by atoms with Crippen molar-refractivity contribution in [2.24, 2.45) is 5.41 Å². The standard InChI is InChI=1S/C25H28N4O3/c1-6-16-8-9-18(14-17(16)7-2)23(30)26-19-10-12-20(13-11-19)27-24(31)28-22-15-21(32-29-22)25(3,4)5/h6-15,22,29H,1-2H2,3-5H3,(H,26,30)(H2,27,28,31). The second kappa shape index (κ2) is 9.53. The monoisotopic (exact) mass is 432 g/mol. The highest BCUT2D eigenvalue weighted by Crippen LogP contribution is 2.28. The number of anilines is 2. The van der Waals surface area contributed by atoms with Crippen molar-refractivity contribution in [3.05, 3.63) is 84.1 Å². The Morgan fingerprint density at radius 1 is 0.969 bits per heavy atom. The van der Waals surface area contributed by atoms with E-state index in [-0.39, 0.29) is 17.4 Å². The van der Waals surface area contributed by atoms with Crippen molar-refractivity contribution in [2.45, 2.75) is 26.9 Å². The molecule has 3 amide bonds. The van der Waals surface area contributed by atoms with Gasteiger partial charge >= 0.3 is 6.03 Å². The molecule has 1 unspecified atom stereocenters. The van der Waals surface area contributed by atoms with E-state index in [0.717, 1.165) is 16.9 Å². The van der Waals surface area contributed by atoms with Crippen molar-refractivity contribution in [3.63, 3.8) is 0 Å². The maximum atomic E-state index is 12.6. The van der Waals surface area contributed by atoms with E-state index in [1.165, 1.54) is 0 Å². The third-order valence-electron chi connectivity index (χ3n) is 4.83. The van der Waals surface area contributed by atoms with Crippen molar-refractivity contribution >= 4 is 35.5 Å². The number of benzene rings is 2. The van der Waals surface area contributed by atoms with Gasteiger partial charge in [0, 0.05) is 22.4 Å². The van der Waals surface area contributed by atoms with E-state index < -0.39 is 6.17 Å². The summed E-state index contributed by atoms with van der Waals surface area (Å²) in [5.41, 5.74) is 6.08. The van der Waals surface area contributed by atoms with Gasteiger partial charge in [-0.15, -0.1) is 5.48 Å². The van der Waals surface area contributed by atoms with Crippen LogP contribution in [0.1, 0.15) is 42.3 Å². The van der Waals surface area contributed by atoms with Crippen LogP contribution in [0.5, 0.6) is 0 Å². The smallest absolute Gasteiger partial charge is 0.320 e. The van der Waals surface area contributed by atoms with E-state index in [1.54, 1.807) is 48.6 Å². The first-order valence-corrected chi connectivity index (χ1v) is 10.2. The predicted octanol–water partition coefficient (Wildman–Crippen LogP) is 5.14. The van der Waals surface area contributed by atoms with Crippen molar-refractivity contribution in [1.82, 2.24) is 10.8 Å². The van der Waals surface area contributed by atoms with Gasteiger partial charge < -0.3 is 20.8 Å². The fourth-order valence-corrected chi connectivity index (χ4v) is 3.05. The molecule has 0 spiro atoms. The Bertz CT molecular complexity index is 1070. The summed E-state index contributed by atoms with van der Waals surface area (Å²) in [5, 5.41) is 8.37. The molecular weight excluding hydrogens is 404 g/mol. The third-order valence-corrected chi connectivity index (χ3v) is 4.83. The van der Waals surface area contributed by atoms with E-state index in [2.05, 4.69) is 34.6 Å². The second-order valence-corrected chi connectivity index (χ2v) is 8.36. The maximum Gasteiger partial charge on any atom is 0.320 e. The van der Waals surface area contributed by atoms with E-state index in [0.29, 0.717) is 16.9 Å². The van der Waals surface area contributed by atoms with Crippen molar-refractivity contribution in [2.75, 3.05) is 10.6 Å². The number of carbonyl (C=O) groups excluding carboxylic acids is 2. The lowest BCUT2D eigenvalue weighted by Crippen LogP contribution is -2.43. The molecule has 2 aromatic rings. The molecule has 0 bridgehead atoms. The average Bonchev–Trinajstić information content (AvgIpc) is 3.23. The fourth-order valence-electron chi connectivity index (χ4n) is 3.05. The highest BCUT2D eigenvalue weighted by Gasteiger charge is 2.27. The first-order chi connectivity index (χ1) is 15.2. The molecular formula is C25H28N4O3. The number of urea groups is 1. The van der Waals surface area contributed by atoms with E-state index >= 15 is 0 Å². The van der Waals surface area contributed by atoms with Crippen LogP contribution in [0, 0.1) is 5.41 Å². The molecule has 1 atom stereocenters. The van der Waals surface area contributed by atoms with E-state index in [1.807, 2.05) is 32.9 Å². The molecule has 4 N–H and O–H groups in total. The van der Waals surface area contributed by atoms with Gasteiger partial charge in [0.05, 0.1) is 0 Å². The van der Waals surface area contributed by atoms with Gasteiger partial charge in [0.1, 0.15) is 11.9 Å². The van der Waals surface area contributed by atoms with Crippen LogP contribution in [-0.2, 0) is 4.84 Å². The van der Waals surface area contributed by atoms with Crippen LogP contribution in [0.3, 0.4) is 0 Å².